The van der Waals surface area contributed by atoms with E-state index in [2.05, 4.69) is 24.3 Å². The molecule has 174 valence electrons. The van der Waals surface area contributed by atoms with Crippen LogP contribution in [0.4, 0.5) is 0 Å². The number of benzene rings is 4. The molecule has 1 fully saturated rings. The number of fused-ring (bicyclic) bond motifs is 1. The zero-order chi connectivity index (χ0) is 24.2. The van der Waals surface area contributed by atoms with Crippen LogP contribution in [-0.2, 0) is 17.9 Å². The lowest BCUT2D eigenvalue weighted by Crippen LogP contribution is -2.27. The van der Waals surface area contributed by atoms with Crippen LogP contribution in [-0.4, -0.2) is 22.2 Å². The zero-order valence-electron chi connectivity index (χ0n) is 19.1. The Morgan fingerprint density at radius 1 is 0.914 bits per heavy atom. The van der Waals surface area contributed by atoms with E-state index in [1.807, 2.05) is 72.8 Å². The summed E-state index contributed by atoms with van der Waals surface area (Å²) in [7, 11) is 1.61. The first-order chi connectivity index (χ1) is 17.1. The summed E-state index contributed by atoms with van der Waals surface area (Å²) >= 11 is 6.80. The predicted molar refractivity (Wildman–Crippen MR) is 146 cm³/mol. The van der Waals surface area contributed by atoms with Crippen LogP contribution < -0.4 is 9.47 Å². The molecule has 1 heterocycles. The lowest BCUT2D eigenvalue weighted by atomic mass is 10.1. The fourth-order valence-corrected chi connectivity index (χ4v) is 5.28. The van der Waals surface area contributed by atoms with Crippen molar-refractivity contribution in [3.05, 3.63) is 113 Å². The second kappa shape index (κ2) is 10.3. The van der Waals surface area contributed by atoms with Gasteiger partial charge in [0, 0.05) is 0 Å². The molecule has 0 radical (unpaired) electrons. The lowest BCUT2D eigenvalue weighted by Gasteiger charge is -2.14. The maximum Gasteiger partial charge on any atom is 0.266 e. The van der Waals surface area contributed by atoms with Crippen LogP contribution in [0.5, 0.6) is 11.5 Å². The molecule has 4 aromatic carbocycles. The standard InChI is InChI=1S/C29H23NO3S2/c1-32-26-16-21(17-27-28(31)30(29(34)35-27)18-20-8-3-2-4-9-20)14-15-25(26)33-19-23-12-7-11-22-10-5-6-13-24(22)23/h2-17H,18-19H2,1H3. The molecule has 0 bridgehead atoms. The van der Waals surface area contributed by atoms with Crippen LogP contribution in [0, 0.1) is 0 Å². The first-order valence-corrected chi connectivity index (χ1v) is 12.4. The number of thiocarbonyl (C=S) groups is 1. The smallest absolute Gasteiger partial charge is 0.266 e. The minimum atomic E-state index is -0.0842. The maximum absolute atomic E-state index is 13.0. The van der Waals surface area contributed by atoms with Gasteiger partial charge in [0.15, 0.2) is 11.5 Å². The van der Waals surface area contributed by atoms with Crippen LogP contribution >= 0.6 is 24.0 Å². The van der Waals surface area contributed by atoms with Gasteiger partial charge in [-0.05, 0) is 45.7 Å². The number of ether oxygens (including phenoxy) is 2. The third-order valence-corrected chi connectivity index (χ3v) is 7.18. The molecule has 4 nitrogen and oxygen atoms in total. The molecule has 0 unspecified atom stereocenters. The number of hydrogen-bond acceptors (Lipinski definition) is 5. The van der Waals surface area contributed by atoms with E-state index in [4.69, 9.17) is 21.7 Å². The second-order valence-electron chi connectivity index (χ2n) is 8.09. The fraction of sp³-hybridized carbons (Fsp3) is 0.103. The van der Waals surface area contributed by atoms with E-state index >= 15 is 0 Å². The van der Waals surface area contributed by atoms with Crippen molar-refractivity contribution in [2.75, 3.05) is 7.11 Å². The molecule has 0 aromatic heterocycles. The number of carbonyl (C=O) groups excluding carboxylic acids is 1. The Morgan fingerprint density at radius 3 is 2.51 bits per heavy atom. The Morgan fingerprint density at radius 2 is 1.69 bits per heavy atom. The van der Waals surface area contributed by atoms with Gasteiger partial charge in [0.1, 0.15) is 10.9 Å². The summed E-state index contributed by atoms with van der Waals surface area (Å²) < 4.78 is 12.3. The molecule has 1 saturated heterocycles. The number of nitrogens with zero attached hydrogens (tertiary/aromatic N) is 1. The van der Waals surface area contributed by atoms with Gasteiger partial charge in [-0.2, -0.15) is 0 Å². The second-order valence-corrected chi connectivity index (χ2v) is 9.77. The summed E-state index contributed by atoms with van der Waals surface area (Å²) in [4.78, 5) is 15.2. The van der Waals surface area contributed by atoms with Crippen molar-refractivity contribution in [2.45, 2.75) is 13.2 Å². The number of thioether (sulfide) groups is 1. The Hall–Kier alpha value is -3.61. The van der Waals surface area contributed by atoms with Crippen LogP contribution in [0.1, 0.15) is 16.7 Å². The highest BCUT2D eigenvalue weighted by Crippen LogP contribution is 2.36. The average molecular weight is 498 g/mol. The minimum absolute atomic E-state index is 0.0842. The molecule has 0 spiro atoms. The summed E-state index contributed by atoms with van der Waals surface area (Å²) in [5.41, 5.74) is 3.00. The Kier molecular flexibility index (Phi) is 6.84. The van der Waals surface area contributed by atoms with Crippen LogP contribution in [0.15, 0.2) is 95.9 Å². The van der Waals surface area contributed by atoms with Crippen molar-refractivity contribution < 1.29 is 14.3 Å². The summed E-state index contributed by atoms with van der Waals surface area (Å²) in [5.74, 6) is 1.17. The molecule has 1 aliphatic heterocycles. The molecule has 35 heavy (non-hydrogen) atoms. The van der Waals surface area contributed by atoms with Gasteiger partial charge in [-0.15, -0.1) is 0 Å². The van der Waals surface area contributed by atoms with Gasteiger partial charge in [-0.3, -0.25) is 9.69 Å². The first-order valence-electron chi connectivity index (χ1n) is 11.2. The van der Waals surface area contributed by atoms with Crippen molar-refractivity contribution in [3.63, 3.8) is 0 Å². The molecule has 5 rings (SSSR count). The highest BCUT2D eigenvalue weighted by atomic mass is 32.2. The van der Waals surface area contributed by atoms with Gasteiger partial charge in [0.05, 0.1) is 18.6 Å². The van der Waals surface area contributed by atoms with E-state index in [1.54, 1.807) is 12.0 Å². The number of carbonyl (C=O) groups is 1. The SMILES string of the molecule is COc1cc(C=C2SC(=S)N(Cc3ccccc3)C2=O)ccc1OCc1cccc2ccccc12. The zero-order valence-corrected chi connectivity index (χ0v) is 20.8. The van der Waals surface area contributed by atoms with Crippen LogP contribution in [0.25, 0.3) is 16.8 Å². The summed E-state index contributed by atoms with van der Waals surface area (Å²) in [5, 5.41) is 2.35. The Bertz CT molecular complexity index is 1430. The topological polar surface area (TPSA) is 38.8 Å². The van der Waals surface area contributed by atoms with E-state index in [0.29, 0.717) is 33.9 Å². The Labute approximate surface area is 214 Å². The molecule has 1 amide bonds. The average Bonchev–Trinajstić information content (AvgIpc) is 3.15. The van der Waals surface area contributed by atoms with Gasteiger partial charge in [0.25, 0.3) is 5.91 Å². The van der Waals surface area contributed by atoms with E-state index in [9.17, 15) is 4.79 Å². The van der Waals surface area contributed by atoms with Gasteiger partial charge in [-0.25, -0.2) is 0 Å². The van der Waals surface area contributed by atoms with Crippen LogP contribution in [0.2, 0.25) is 0 Å². The molecular weight excluding hydrogens is 474 g/mol. The van der Waals surface area contributed by atoms with E-state index in [1.165, 1.54) is 22.5 Å². The van der Waals surface area contributed by atoms with Crippen molar-refractivity contribution in [1.29, 1.82) is 0 Å². The fourth-order valence-electron chi connectivity index (χ4n) is 4.02. The largest absolute Gasteiger partial charge is 0.493 e. The normalized spacial score (nSPS) is 14.7. The predicted octanol–water partition coefficient (Wildman–Crippen LogP) is 6.83. The van der Waals surface area contributed by atoms with E-state index in [0.717, 1.165) is 16.7 Å². The quantitative estimate of drug-likeness (QED) is 0.207. The van der Waals surface area contributed by atoms with Crippen molar-refractivity contribution in [1.82, 2.24) is 4.90 Å². The maximum atomic E-state index is 13.0. The molecule has 1 aliphatic rings. The molecular formula is C29H23NO3S2. The molecule has 4 aromatic rings. The number of rotatable bonds is 7. The van der Waals surface area contributed by atoms with Crippen molar-refractivity contribution >= 4 is 51.1 Å². The third kappa shape index (κ3) is 5.09. The van der Waals surface area contributed by atoms with Gasteiger partial charge >= 0.3 is 0 Å². The monoisotopic (exact) mass is 497 g/mol. The van der Waals surface area contributed by atoms with Gasteiger partial charge in [-0.1, -0.05) is 103 Å². The van der Waals surface area contributed by atoms with Gasteiger partial charge in [0.2, 0.25) is 0 Å². The minimum Gasteiger partial charge on any atom is -0.493 e. The molecule has 0 atom stereocenters. The first kappa shape index (κ1) is 23.1. The highest BCUT2D eigenvalue weighted by molar-refractivity contribution is 8.26. The van der Waals surface area contributed by atoms with E-state index < -0.39 is 0 Å². The number of methoxy groups -OCH3 is 1. The van der Waals surface area contributed by atoms with Crippen molar-refractivity contribution in [3.8, 4) is 11.5 Å². The molecule has 6 heteroatoms. The van der Waals surface area contributed by atoms with Crippen molar-refractivity contribution in [2.24, 2.45) is 0 Å². The number of amides is 1. The summed E-state index contributed by atoms with van der Waals surface area (Å²) in [6.07, 6.45) is 1.85. The lowest BCUT2D eigenvalue weighted by molar-refractivity contribution is -0.122. The molecule has 0 N–H and O–H groups in total. The summed E-state index contributed by atoms with van der Waals surface area (Å²) in [6, 6.07) is 30.0. The molecule has 0 saturated carbocycles. The van der Waals surface area contributed by atoms with Gasteiger partial charge < -0.3 is 9.47 Å². The van der Waals surface area contributed by atoms with E-state index in [-0.39, 0.29) is 5.91 Å². The third-order valence-electron chi connectivity index (χ3n) is 5.81. The molecule has 0 aliphatic carbocycles. The highest BCUT2D eigenvalue weighted by Gasteiger charge is 2.32. The summed E-state index contributed by atoms with van der Waals surface area (Å²) in [6.45, 7) is 0.891. The van der Waals surface area contributed by atoms with Crippen LogP contribution in [0.3, 0.4) is 0 Å². The Balaban J connectivity index is 1.32. The number of hydrogen-bond donors (Lipinski definition) is 0.